The zero-order valence-electron chi connectivity index (χ0n) is 17.9. The van der Waals surface area contributed by atoms with E-state index in [1.54, 1.807) is 20.8 Å². The van der Waals surface area contributed by atoms with Crippen molar-refractivity contribution in [1.29, 1.82) is 0 Å². The van der Waals surface area contributed by atoms with Crippen molar-refractivity contribution >= 4 is 23.5 Å². The molecule has 0 spiro atoms. The van der Waals surface area contributed by atoms with Gasteiger partial charge in [-0.3, -0.25) is 19.3 Å². The van der Waals surface area contributed by atoms with Crippen LogP contribution in [0.1, 0.15) is 70.9 Å². The molecule has 1 atom stereocenters. The van der Waals surface area contributed by atoms with E-state index in [1.807, 2.05) is 0 Å². The Balaban J connectivity index is 1.86. The maximum Gasteiger partial charge on any atom is 0.303 e. The fraction of sp³-hybridized carbons (Fsp3) is 0.591. The minimum atomic E-state index is -1.29. The standard InChI is InChI=1S/C22H28F2N2O4/c1-11(21(2,3)9-16(28)29)25-15(27)10-26-19-14(23)8-13(12-6-7-12)18(24)17(19)22(4,5)20(26)30/h8,11-12H,6-7,9-10H2,1-5H3,(H,25,27)(H,28,29)/t11-/m1/s1. The van der Waals surface area contributed by atoms with Crippen LogP contribution >= 0.6 is 0 Å². The number of amides is 2. The van der Waals surface area contributed by atoms with Crippen LogP contribution in [0.3, 0.4) is 0 Å². The molecule has 8 heteroatoms. The highest BCUT2D eigenvalue weighted by molar-refractivity contribution is 6.10. The number of nitrogens with zero attached hydrogens (tertiary/aromatic N) is 1. The zero-order chi connectivity index (χ0) is 22.6. The SMILES string of the molecule is C[C@@H](NC(=O)CN1C(=O)C(C)(C)c2c(F)c(C3CC3)cc(F)c21)C(C)(C)CC(=O)O. The molecule has 1 fully saturated rings. The van der Waals surface area contributed by atoms with E-state index in [-0.39, 0.29) is 23.6 Å². The Morgan fingerprint density at radius 3 is 2.47 bits per heavy atom. The number of rotatable bonds is 7. The van der Waals surface area contributed by atoms with Gasteiger partial charge in [-0.05, 0) is 56.6 Å². The Bertz CT molecular complexity index is 922. The minimum absolute atomic E-state index is 0.00135. The topological polar surface area (TPSA) is 86.7 Å². The molecule has 0 aromatic heterocycles. The molecule has 30 heavy (non-hydrogen) atoms. The van der Waals surface area contributed by atoms with Gasteiger partial charge in [0.1, 0.15) is 18.2 Å². The number of nitrogens with one attached hydrogen (secondary N) is 1. The fourth-order valence-electron chi connectivity index (χ4n) is 4.03. The molecule has 164 valence electrons. The number of aliphatic carboxylic acids is 1. The third kappa shape index (κ3) is 3.79. The van der Waals surface area contributed by atoms with E-state index in [0.29, 0.717) is 5.56 Å². The first-order valence-electron chi connectivity index (χ1n) is 10.1. The van der Waals surface area contributed by atoms with Gasteiger partial charge in [-0.15, -0.1) is 0 Å². The molecule has 6 nitrogen and oxygen atoms in total. The van der Waals surface area contributed by atoms with E-state index in [0.717, 1.165) is 23.8 Å². The van der Waals surface area contributed by atoms with Crippen molar-refractivity contribution in [1.82, 2.24) is 5.32 Å². The van der Waals surface area contributed by atoms with Crippen LogP contribution in [0.2, 0.25) is 0 Å². The number of carbonyl (C=O) groups excluding carboxylic acids is 2. The lowest BCUT2D eigenvalue weighted by Gasteiger charge is -2.31. The summed E-state index contributed by atoms with van der Waals surface area (Å²) in [4.78, 5) is 37.6. The normalized spacial score (nSPS) is 18.9. The maximum atomic E-state index is 15.2. The molecule has 3 rings (SSSR count). The van der Waals surface area contributed by atoms with Crippen LogP contribution < -0.4 is 10.2 Å². The summed E-state index contributed by atoms with van der Waals surface area (Å²) in [5.74, 6) is -3.40. The molecule has 1 saturated carbocycles. The van der Waals surface area contributed by atoms with Crippen molar-refractivity contribution in [2.75, 3.05) is 11.4 Å². The predicted molar refractivity (Wildman–Crippen MR) is 107 cm³/mol. The number of hydrogen-bond acceptors (Lipinski definition) is 3. The molecule has 1 aromatic rings. The summed E-state index contributed by atoms with van der Waals surface area (Å²) < 4.78 is 30.2. The average Bonchev–Trinajstić information content (AvgIpc) is 3.41. The van der Waals surface area contributed by atoms with Crippen LogP contribution in [0, 0.1) is 17.0 Å². The highest BCUT2D eigenvalue weighted by atomic mass is 19.1. The maximum absolute atomic E-state index is 15.2. The Kier molecular flexibility index (Phi) is 5.41. The fourth-order valence-corrected chi connectivity index (χ4v) is 4.03. The second-order valence-corrected chi connectivity index (χ2v) is 9.62. The largest absolute Gasteiger partial charge is 0.481 e. The molecule has 2 amide bonds. The van der Waals surface area contributed by atoms with Gasteiger partial charge in [0.25, 0.3) is 0 Å². The first kappa shape index (κ1) is 22.2. The summed E-state index contributed by atoms with van der Waals surface area (Å²) in [5, 5.41) is 11.7. The third-order valence-electron chi connectivity index (χ3n) is 6.37. The highest BCUT2D eigenvalue weighted by Crippen LogP contribution is 2.50. The lowest BCUT2D eigenvalue weighted by atomic mass is 9.82. The Hall–Kier alpha value is -2.51. The van der Waals surface area contributed by atoms with Crippen molar-refractivity contribution in [2.24, 2.45) is 5.41 Å². The second-order valence-electron chi connectivity index (χ2n) is 9.62. The van der Waals surface area contributed by atoms with E-state index in [1.165, 1.54) is 13.8 Å². The third-order valence-corrected chi connectivity index (χ3v) is 6.37. The van der Waals surface area contributed by atoms with Crippen LogP contribution in [0.25, 0.3) is 0 Å². The smallest absolute Gasteiger partial charge is 0.303 e. The quantitative estimate of drug-likeness (QED) is 0.705. The Morgan fingerprint density at radius 1 is 1.33 bits per heavy atom. The Morgan fingerprint density at radius 2 is 1.93 bits per heavy atom. The molecule has 1 aliphatic heterocycles. The summed E-state index contributed by atoms with van der Waals surface area (Å²) in [6, 6.07) is 0.634. The van der Waals surface area contributed by atoms with Gasteiger partial charge in [-0.2, -0.15) is 0 Å². The van der Waals surface area contributed by atoms with Crippen LogP contribution in [0.15, 0.2) is 6.07 Å². The summed E-state index contributed by atoms with van der Waals surface area (Å²) in [6.07, 6.45) is 1.43. The highest BCUT2D eigenvalue weighted by Gasteiger charge is 2.49. The minimum Gasteiger partial charge on any atom is -0.481 e. The lowest BCUT2D eigenvalue weighted by Crippen LogP contribution is -2.49. The molecule has 1 aromatic carbocycles. The Labute approximate surface area is 174 Å². The van der Waals surface area contributed by atoms with Crippen molar-refractivity contribution in [3.05, 3.63) is 28.8 Å². The number of halogens is 2. The summed E-state index contributed by atoms with van der Waals surface area (Å²) in [6.45, 7) is 7.68. The summed E-state index contributed by atoms with van der Waals surface area (Å²) >= 11 is 0. The van der Waals surface area contributed by atoms with Crippen LogP contribution in [-0.2, 0) is 19.8 Å². The van der Waals surface area contributed by atoms with Crippen molar-refractivity contribution < 1.29 is 28.3 Å². The van der Waals surface area contributed by atoms with Crippen molar-refractivity contribution in [3.8, 4) is 0 Å². The molecule has 0 bridgehead atoms. The molecule has 0 saturated heterocycles. The van der Waals surface area contributed by atoms with E-state index in [4.69, 9.17) is 5.11 Å². The van der Waals surface area contributed by atoms with Gasteiger partial charge in [0, 0.05) is 11.6 Å². The number of carbonyl (C=O) groups is 3. The number of carboxylic acid groups (broad SMARTS) is 1. The van der Waals surface area contributed by atoms with Gasteiger partial charge in [0.05, 0.1) is 17.5 Å². The van der Waals surface area contributed by atoms with Gasteiger partial charge < -0.3 is 10.4 Å². The predicted octanol–water partition coefficient (Wildman–Crippen LogP) is 3.47. The van der Waals surface area contributed by atoms with Crippen molar-refractivity contribution in [3.63, 3.8) is 0 Å². The molecule has 2 N–H and O–H groups in total. The van der Waals surface area contributed by atoms with E-state index < -0.39 is 52.8 Å². The monoisotopic (exact) mass is 422 g/mol. The summed E-state index contributed by atoms with van der Waals surface area (Å²) in [7, 11) is 0. The number of fused-ring (bicyclic) bond motifs is 1. The molecule has 0 radical (unpaired) electrons. The number of hydrogen-bond donors (Lipinski definition) is 2. The van der Waals surface area contributed by atoms with E-state index in [2.05, 4.69) is 5.32 Å². The van der Waals surface area contributed by atoms with Gasteiger partial charge in [-0.25, -0.2) is 8.78 Å². The van der Waals surface area contributed by atoms with Crippen LogP contribution in [0.4, 0.5) is 14.5 Å². The van der Waals surface area contributed by atoms with Gasteiger partial charge in [-0.1, -0.05) is 13.8 Å². The molecular weight excluding hydrogens is 394 g/mol. The van der Waals surface area contributed by atoms with Crippen molar-refractivity contribution in [2.45, 2.75) is 71.3 Å². The van der Waals surface area contributed by atoms with Crippen LogP contribution in [-0.4, -0.2) is 35.5 Å². The number of carboxylic acids is 1. The molecular formula is C22H28F2N2O4. The van der Waals surface area contributed by atoms with E-state index in [9.17, 15) is 18.8 Å². The first-order valence-corrected chi connectivity index (χ1v) is 10.1. The molecule has 0 unspecified atom stereocenters. The van der Waals surface area contributed by atoms with Gasteiger partial charge >= 0.3 is 5.97 Å². The first-order chi connectivity index (χ1) is 13.8. The van der Waals surface area contributed by atoms with E-state index >= 15 is 4.39 Å². The summed E-state index contributed by atoms with van der Waals surface area (Å²) in [5.41, 5.74) is -1.91. The average molecular weight is 422 g/mol. The van der Waals surface area contributed by atoms with Gasteiger partial charge in [0.15, 0.2) is 0 Å². The molecule has 2 aliphatic rings. The zero-order valence-corrected chi connectivity index (χ0v) is 17.9. The number of benzene rings is 1. The molecule has 1 heterocycles. The number of anilines is 1. The van der Waals surface area contributed by atoms with Crippen LogP contribution in [0.5, 0.6) is 0 Å². The second kappa shape index (κ2) is 7.32. The van der Waals surface area contributed by atoms with Gasteiger partial charge in [0.2, 0.25) is 11.8 Å². The molecule has 1 aliphatic carbocycles. The lowest BCUT2D eigenvalue weighted by molar-refractivity contribution is -0.140.